The molecule has 144 valence electrons. The first kappa shape index (κ1) is 23.4. The molecular formula is C21H37NO3. The summed E-state index contributed by atoms with van der Waals surface area (Å²) in [7, 11) is 1.54. The number of hydrogen-bond donors (Lipinski definition) is 1. The Morgan fingerprint density at radius 1 is 0.840 bits per heavy atom. The molecule has 0 spiro atoms. The Bertz CT molecular complexity index is 402. The molecule has 0 saturated carbocycles. The molecule has 0 rings (SSSR count). The molecule has 0 aliphatic carbocycles. The first-order chi connectivity index (χ1) is 12.1. The second-order valence-electron chi connectivity index (χ2n) is 6.62. The van der Waals surface area contributed by atoms with Crippen LogP contribution >= 0.6 is 0 Å². The van der Waals surface area contributed by atoms with Crippen LogP contribution in [0.4, 0.5) is 0 Å². The van der Waals surface area contributed by atoms with Crippen LogP contribution < -0.4 is 0 Å². The van der Waals surface area contributed by atoms with Crippen molar-refractivity contribution >= 4 is 11.9 Å². The molecule has 0 bridgehead atoms. The smallest absolute Gasteiger partial charge is 0.323 e. The summed E-state index contributed by atoms with van der Waals surface area (Å²) in [6.07, 6.45) is 22.2. The normalized spacial score (nSPS) is 11.4. The average Bonchev–Trinajstić information content (AvgIpc) is 2.57. The van der Waals surface area contributed by atoms with Gasteiger partial charge in [-0.1, -0.05) is 63.3 Å². The molecule has 0 unspecified atom stereocenters. The molecule has 4 heteroatoms. The Morgan fingerprint density at radius 3 is 2.00 bits per heavy atom. The van der Waals surface area contributed by atoms with Crippen LogP contribution in [0.25, 0.3) is 0 Å². The molecule has 0 aromatic heterocycles. The molecule has 0 aromatic rings. The van der Waals surface area contributed by atoms with Gasteiger partial charge in [0, 0.05) is 13.5 Å². The number of hydrogen-bond acceptors (Lipinski definition) is 2. The first-order valence-electron chi connectivity index (χ1n) is 9.83. The summed E-state index contributed by atoms with van der Waals surface area (Å²) in [6, 6.07) is 0. The van der Waals surface area contributed by atoms with Crippen LogP contribution in [0.1, 0.15) is 84.0 Å². The number of allylic oxidation sites excluding steroid dienone is 4. The highest BCUT2D eigenvalue weighted by molar-refractivity contribution is 5.80. The number of carboxylic acids is 1. The molecule has 25 heavy (non-hydrogen) atoms. The number of carbonyl (C=O) groups is 2. The van der Waals surface area contributed by atoms with Gasteiger partial charge in [0.2, 0.25) is 5.91 Å². The number of likely N-dealkylation sites (N-methyl/N-ethyl adjacent to an activating group) is 1. The van der Waals surface area contributed by atoms with E-state index in [1.807, 2.05) is 0 Å². The summed E-state index contributed by atoms with van der Waals surface area (Å²) >= 11 is 0. The van der Waals surface area contributed by atoms with Crippen molar-refractivity contribution in [2.45, 2.75) is 84.0 Å². The Balaban J connectivity index is 3.39. The molecule has 0 aromatic carbocycles. The summed E-state index contributed by atoms with van der Waals surface area (Å²) in [4.78, 5) is 23.5. The predicted molar refractivity (Wildman–Crippen MR) is 105 cm³/mol. The monoisotopic (exact) mass is 351 g/mol. The minimum absolute atomic E-state index is 0.0758. The quantitative estimate of drug-likeness (QED) is 0.301. The van der Waals surface area contributed by atoms with Crippen LogP contribution in [0.2, 0.25) is 0 Å². The maximum atomic E-state index is 11.7. The summed E-state index contributed by atoms with van der Waals surface area (Å²) < 4.78 is 0. The minimum Gasteiger partial charge on any atom is -0.480 e. The zero-order valence-corrected chi connectivity index (χ0v) is 16.2. The van der Waals surface area contributed by atoms with Gasteiger partial charge in [0.05, 0.1) is 0 Å². The van der Waals surface area contributed by atoms with Crippen molar-refractivity contribution in [3.8, 4) is 0 Å². The average molecular weight is 352 g/mol. The third-order valence-electron chi connectivity index (χ3n) is 4.14. The maximum Gasteiger partial charge on any atom is 0.323 e. The van der Waals surface area contributed by atoms with E-state index >= 15 is 0 Å². The van der Waals surface area contributed by atoms with E-state index in [0.29, 0.717) is 6.42 Å². The fraction of sp³-hybridized carbons (Fsp3) is 0.714. The molecule has 1 N–H and O–H groups in total. The van der Waals surface area contributed by atoms with E-state index in [0.717, 1.165) is 32.1 Å². The first-order valence-corrected chi connectivity index (χ1v) is 9.83. The van der Waals surface area contributed by atoms with E-state index in [2.05, 4.69) is 31.2 Å². The van der Waals surface area contributed by atoms with Crippen molar-refractivity contribution in [3.63, 3.8) is 0 Å². The molecular weight excluding hydrogens is 314 g/mol. The fourth-order valence-corrected chi connectivity index (χ4v) is 2.57. The molecule has 0 radical (unpaired) electrons. The molecule has 0 aliphatic rings. The van der Waals surface area contributed by atoms with Gasteiger partial charge in [-0.25, -0.2) is 0 Å². The van der Waals surface area contributed by atoms with Gasteiger partial charge in [-0.05, 0) is 38.5 Å². The lowest BCUT2D eigenvalue weighted by molar-refractivity contribution is -0.143. The topological polar surface area (TPSA) is 57.6 Å². The molecule has 0 saturated heterocycles. The molecule has 0 atom stereocenters. The largest absolute Gasteiger partial charge is 0.480 e. The third kappa shape index (κ3) is 17.0. The zero-order valence-electron chi connectivity index (χ0n) is 16.2. The van der Waals surface area contributed by atoms with E-state index in [4.69, 9.17) is 5.11 Å². The number of carbonyl (C=O) groups excluding carboxylic acids is 1. The highest BCUT2D eigenvalue weighted by Crippen LogP contribution is 2.09. The van der Waals surface area contributed by atoms with E-state index in [1.165, 1.54) is 43.4 Å². The second kappa shape index (κ2) is 17.2. The molecule has 0 fully saturated rings. The number of aliphatic carboxylic acids is 1. The Morgan fingerprint density at radius 2 is 1.40 bits per heavy atom. The number of carboxylic acid groups (broad SMARTS) is 1. The van der Waals surface area contributed by atoms with Crippen LogP contribution in [0.3, 0.4) is 0 Å². The number of amides is 1. The van der Waals surface area contributed by atoms with Crippen LogP contribution in [0, 0.1) is 0 Å². The Labute approximate surface area is 154 Å². The molecule has 1 amide bonds. The Hall–Kier alpha value is -1.58. The van der Waals surface area contributed by atoms with Crippen LogP contribution in [-0.2, 0) is 9.59 Å². The summed E-state index contributed by atoms with van der Waals surface area (Å²) in [5.41, 5.74) is 0. The van der Waals surface area contributed by atoms with Crippen LogP contribution in [0.15, 0.2) is 24.3 Å². The van der Waals surface area contributed by atoms with E-state index in [9.17, 15) is 9.59 Å². The van der Waals surface area contributed by atoms with E-state index in [-0.39, 0.29) is 12.5 Å². The van der Waals surface area contributed by atoms with Crippen molar-refractivity contribution in [2.24, 2.45) is 0 Å². The van der Waals surface area contributed by atoms with Gasteiger partial charge in [-0.2, -0.15) is 0 Å². The molecule has 0 heterocycles. The van der Waals surface area contributed by atoms with Gasteiger partial charge in [-0.15, -0.1) is 0 Å². The van der Waals surface area contributed by atoms with Crippen molar-refractivity contribution in [1.82, 2.24) is 4.90 Å². The van der Waals surface area contributed by atoms with Crippen molar-refractivity contribution in [2.75, 3.05) is 13.6 Å². The van der Waals surface area contributed by atoms with Crippen LogP contribution in [0.5, 0.6) is 0 Å². The van der Waals surface area contributed by atoms with E-state index < -0.39 is 5.97 Å². The van der Waals surface area contributed by atoms with Crippen LogP contribution in [-0.4, -0.2) is 35.5 Å². The van der Waals surface area contributed by atoms with Gasteiger partial charge < -0.3 is 10.0 Å². The minimum atomic E-state index is -0.962. The summed E-state index contributed by atoms with van der Waals surface area (Å²) in [5, 5.41) is 8.63. The molecule has 4 nitrogen and oxygen atoms in total. The van der Waals surface area contributed by atoms with Gasteiger partial charge >= 0.3 is 5.97 Å². The second-order valence-corrected chi connectivity index (χ2v) is 6.62. The van der Waals surface area contributed by atoms with Crippen molar-refractivity contribution in [3.05, 3.63) is 24.3 Å². The third-order valence-corrected chi connectivity index (χ3v) is 4.14. The number of nitrogens with zero attached hydrogens (tertiary/aromatic N) is 1. The summed E-state index contributed by atoms with van der Waals surface area (Å²) in [5.74, 6) is -1.04. The lowest BCUT2D eigenvalue weighted by Crippen LogP contribution is -2.31. The van der Waals surface area contributed by atoms with Gasteiger partial charge in [0.1, 0.15) is 6.54 Å². The van der Waals surface area contributed by atoms with Gasteiger partial charge in [0.25, 0.3) is 0 Å². The van der Waals surface area contributed by atoms with Crippen molar-refractivity contribution < 1.29 is 14.7 Å². The zero-order chi connectivity index (χ0) is 18.8. The lowest BCUT2D eigenvalue weighted by atomic mass is 10.1. The predicted octanol–water partition coefficient (Wildman–Crippen LogP) is 5.34. The highest BCUT2D eigenvalue weighted by Gasteiger charge is 2.10. The lowest BCUT2D eigenvalue weighted by Gasteiger charge is -2.14. The Kier molecular flexibility index (Phi) is 16.2. The SMILES string of the molecule is CCCCC/C=C/C/C=C/CCCCCCCC(=O)N(C)CC(=O)O. The van der Waals surface area contributed by atoms with Gasteiger partial charge in [0.15, 0.2) is 0 Å². The molecule has 0 aliphatic heterocycles. The summed E-state index contributed by atoms with van der Waals surface area (Å²) in [6.45, 7) is 2.02. The number of rotatable bonds is 16. The van der Waals surface area contributed by atoms with Gasteiger partial charge in [-0.3, -0.25) is 9.59 Å². The van der Waals surface area contributed by atoms with E-state index in [1.54, 1.807) is 7.05 Å². The fourth-order valence-electron chi connectivity index (χ4n) is 2.57. The number of unbranched alkanes of at least 4 members (excludes halogenated alkanes) is 8. The standard InChI is InChI=1S/C21H37NO3/c1-3-4-5-6-7-8-9-10-11-12-13-14-15-16-17-18-20(23)22(2)19-21(24)25/h7-8,10-11H,3-6,9,12-19H2,1-2H3,(H,24,25)/b8-7+,11-10+. The highest BCUT2D eigenvalue weighted by atomic mass is 16.4. The maximum absolute atomic E-state index is 11.7. The van der Waals surface area contributed by atoms with Crippen molar-refractivity contribution in [1.29, 1.82) is 0 Å².